The number of pyridine rings is 1. The number of nitrogens with zero attached hydrogens (tertiary/aromatic N) is 2. The van der Waals surface area contributed by atoms with Crippen LogP contribution in [-0.2, 0) is 0 Å². The Morgan fingerprint density at radius 3 is 2.88 bits per heavy atom. The molecule has 0 atom stereocenters. The van der Waals surface area contributed by atoms with Gasteiger partial charge >= 0.3 is 0 Å². The first-order valence-corrected chi connectivity index (χ1v) is 6.60. The molecule has 0 amide bonds. The third kappa shape index (κ3) is 3.05. The number of unbranched alkanes of at least 4 members (excludes halogenated alkanes) is 1. The SMILES string of the molecule is CCCCC(=N)c1cc(N2CCCC2)ccn1. The summed E-state index contributed by atoms with van der Waals surface area (Å²) in [6.45, 7) is 4.44. The molecule has 92 valence electrons. The van der Waals surface area contributed by atoms with Gasteiger partial charge < -0.3 is 10.3 Å². The molecule has 1 aromatic rings. The van der Waals surface area contributed by atoms with Crippen molar-refractivity contribution >= 4 is 11.4 Å². The van der Waals surface area contributed by atoms with Crippen molar-refractivity contribution in [3.63, 3.8) is 0 Å². The third-order valence-electron chi connectivity index (χ3n) is 3.30. The normalized spacial score (nSPS) is 15.2. The van der Waals surface area contributed by atoms with Crippen molar-refractivity contribution < 1.29 is 0 Å². The van der Waals surface area contributed by atoms with Gasteiger partial charge in [-0.1, -0.05) is 13.3 Å². The predicted molar refractivity (Wildman–Crippen MR) is 72.0 cm³/mol. The summed E-state index contributed by atoms with van der Waals surface area (Å²) in [5, 5.41) is 8.02. The predicted octanol–water partition coefficient (Wildman–Crippen LogP) is 3.24. The van der Waals surface area contributed by atoms with Gasteiger partial charge in [-0.05, 0) is 37.8 Å². The Kier molecular flexibility index (Phi) is 4.13. The van der Waals surface area contributed by atoms with E-state index in [1.807, 2.05) is 6.20 Å². The van der Waals surface area contributed by atoms with Gasteiger partial charge in [-0.3, -0.25) is 4.98 Å². The van der Waals surface area contributed by atoms with Crippen LogP contribution in [0.4, 0.5) is 5.69 Å². The zero-order valence-corrected chi connectivity index (χ0v) is 10.6. The fraction of sp³-hybridized carbons (Fsp3) is 0.571. The van der Waals surface area contributed by atoms with E-state index in [0.717, 1.165) is 38.0 Å². The van der Waals surface area contributed by atoms with E-state index in [1.54, 1.807) is 0 Å². The molecule has 2 rings (SSSR count). The van der Waals surface area contributed by atoms with Crippen LogP contribution in [0.2, 0.25) is 0 Å². The second-order valence-corrected chi connectivity index (χ2v) is 4.68. The Morgan fingerprint density at radius 2 is 2.18 bits per heavy atom. The van der Waals surface area contributed by atoms with Crippen LogP contribution in [0.25, 0.3) is 0 Å². The summed E-state index contributed by atoms with van der Waals surface area (Å²) in [6.07, 6.45) is 7.45. The summed E-state index contributed by atoms with van der Waals surface area (Å²) in [5.41, 5.74) is 2.75. The van der Waals surface area contributed by atoms with Gasteiger partial charge in [0.2, 0.25) is 0 Å². The van der Waals surface area contributed by atoms with Gasteiger partial charge in [-0.2, -0.15) is 0 Å². The number of anilines is 1. The summed E-state index contributed by atoms with van der Waals surface area (Å²) in [7, 11) is 0. The Hall–Kier alpha value is -1.38. The Balaban J connectivity index is 2.07. The third-order valence-corrected chi connectivity index (χ3v) is 3.30. The van der Waals surface area contributed by atoms with Gasteiger partial charge in [0, 0.05) is 25.0 Å². The van der Waals surface area contributed by atoms with Gasteiger partial charge in [0.05, 0.1) is 11.4 Å². The van der Waals surface area contributed by atoms with Crippen molar-refractivity contribution in [3.8, 4) is 0 Å². The topological polar surface area (TPSA) is 40.0 Å². The summed E-state index contributed by atoms with van der Waals surface area (Å²) in [6, 6.07) is 4.13. The van der Waals surface area contributed by atoms with Crippen LogP contribution in [-0.4, -0.2) is 23.8 Å². The minimum Gasteiger partial charge on any atom is -0.371 e. The average Bonchev–Trinajstić information content (AvgIpc) is 2.90. The molecule has 1 aliphatic heterocycles. The van der Waals surface area contributed by atoms with E-state index in [-0.39, 0.29) is 0 Å². The number of aromatic nitrogens is 1. The van der Waals surface area contributed by atoms with Crippen molar-refractivity contribution in [1.82, 2.24) is 4.98 Å². The summed E-state index contributed by atoms with van der Waals surface area (Å²) < 4.78 is 0. The maximum absolute atomic E-state index is 8.02. The lowest BCUT2D eigenvalue weighted by molar-refractivity contribution is 0.831. The molecule has 3 nitrogen and oxygen atoms in total. The summed E-state index contributed by atoms with van der Waals surface area (Å²) in [4.78, 5) is 6.70. The van der Waals surface area contributed by atoms with E-state index in [9.17, 15) is 0 Å². The van der Waals surface area contributed by atoms with Crippen molar-refractivity contribution in [2.24, 2.45) is 0 Å². The molecule has 17 heavy (non-hydrogen) atoms. The van der Waals surface area contributed by atoms with Gasteiger partial charge in [0.1, 0.15) is 0 Å². The van der Waals surface area contributed by atoms with Crippen molar-refractivity contribution in [1.29, 1.82) is 5.41 Å². The standard InChI is InChI=1S/C14H21N3/c1-2-3-6-13(15)14-11-12(7-8-16-14)17-9-4-5-10-17/h7-8,11,15H,2-6,9-10H2,1H3. The molecule has 3 heteroatoms. The number of hydrogen-bond donors (Lipinski definition) is 1. The van der Waals surface area contributed by atoms with E-state index in [4.69, 9.17) is 5.41 Å². The zero-order chi connectivity index (χ0) is 12.1. The molecular weight excluding hydrogens is 210 g/mol. The quantitative estimate of drug-likeness (QED) is 0.790. The van der Waals surface area contributed by atoms with Crippen LogP contribution in [0.1, 0.15) is 44.7 Å². The van der Waals surface area contributed by atoms with E-state index in [2.05, 4.69) is 28.9 Å². The van der Waals surface area contributed by atoms with E-state index in [1.165, 1.54) is 18.5 Å². The smallest absolute Gasteiger partial charge is 0.0857 e. The fourth-order valence-corrected chi connectivity index (χ4v) is 2.24. The molecule has 2 heterocycles. The molecule has 0 aromatic carbocycles. The second-order valence-electron chi connectivity index (χ2n) is 4.68. The van der Waals surface area contributed by atoms with Crippen LogP contribution in [0.3, 0.4) is 0 Å². The Morgan fingerprint density at radius 1 is 1.41 bits per heavy atom. The molecule has 0 bridgehead atoms. The van der Waals surface area contributed by atoms with E-state index in [0.29, 0.717) is 5.71 Å². The number of rotatable bonds is 5. The highest BCUT2D eigenvalue weighted by Gasteiger charge is 2.13. The Bertz CT molecular complexity index is 381. The highest BCUT2D eigenvalue weighted by molar-refractivity contribution is 5.97. The van der Waals surface area contributed by atoms with Crippen LogP contribution in [0.5, 0.6) is 0 Å². The van der Waals surface area contributed by atoms with Crippen LogP contribution >= 0.6 is 0 Å². The monoisotopic (exact) mass is 231 g/mol. The van der Waals surface area contributed by atoms with Gasteiger partial charge in [0.15, 0.2) is 0 Å². The first kappa shape index (κ1) is 12.1. The lowest BCUT2D eigenvalue weighted by Gasteiger charge is -2.18. The van der Waals surface area contributed by atoms with Gasteiger partial charge in [0.25, 0.3) is 0 Å². The maximum Gasteiger partial charge on any atom is 0.0857 e. The minimum absolute atomic E-state index is 0.674. The highest BCUT2D eigenvalue weighted by atomic mass is 15.1. The summed E-state index contributed by atoms with van der Waals surface area (Å²) in [5.74, 6) is 0. The first-order valence-electron chi connectivity index (χ1n) is 6.60. The molecule has 0 radical (unpaired) electrons. The zero-order valence-electron chi connectivity index (χ0n) is 10.6. The molecular formula is C14H21N3. The number of hydrogen-bond acceptors (Lipinski definition) is 3. The van der Waals surface area contributed by atoms with Crippen molar-refractivity contribution in [2.45, 2.75) is 39.0 Å². The van der Waals surface area contributed by atoms with Gasteiger partial charge in [-0.25, -0.2) is 0 Å². The van der Waals surface area contributed by atoms with E-state index >= 15 is 0 Å². The van der Waals surface area contributed by atoms with Crippen molar-refractivity contribution in [2.75, 3.05) is 18.0 Å². The molecule has 0 unspecified atom stereocenters. The maximum atomic E-state index is 8.02. The molecule has 1 aliphatic rings. The Labute approximate surface area is 103 Å². The van der Waals surface area contributed by atoms with Crippen LogP contribution in [0, 0.1) is 5.41 Å². The van der Waals surface area contributed by atoms with Gasteiger partial charge in [-0.15, -0.1) is 0 Å². The average molecular weight is 231 g/mol. The largest absolute Gasteiger partial charge is 0.371 e. The summed E-state index contributed by atoms with van der Waals surface area (Å²) >= 11 is 0. The lowest BCUT2D eigenvalue weighted by atomic mass is 10.1. The lowest BCUT2D eigenvalue weighted by Crippen LogP contribution is -2.18. The molecule has 0 saturated carbocycles. The number of nitrogens with one attached hydrogen (secondary N) is 1. The molecule has 1 aromatic heterocycles. The highest BCUT2D eigenvalue weighted by Crippen LogP contribution is 2.20. The fourth-order valence-electron chi connectivity index (χ4n) is 2.24. The molecule has 0 spiro atoms. The molecule has 0 aliphatic carbocycles. The first-order chi connectivity index (χ1) is 8.31. The van der Waals surface area contributed by atoms with E-state index < -0.39 is 0 Å². The van der Waals surface area contributed by atoms with Crippen LogP contribution < -0.4 is 4.90 Å². The molecule has 1 fully saturated rings. The second kappa shape index (κ2) is 5.80. The van der Waals surface area contributed by atoms with Crippen molar-refractivity contribution in [3.05, 3.63) is 24.0 Å². The van der Waals surface area contributed by atoms with Crippen LogP contribution in [0.15, 0.2) is 18.3 Å². The minimum atomic E-state index is 0.674. The molecule has 1 saturated heterocycles. The molecule has 1 N–H and O–H groups in total.